The number of aliphatic hydroxyl groups excluding tert-OH is 2. The normalized spacial score (nSPS) is 17.4. The highest BCUT2D eigenvalue weighted by Crippen LogP contribution is 2.18. The Bertz CT molecular complexity index is 81.3. The van der Waals surface area contributed by atoms with Crippen LogP contribution in [0, 0.1) is 11.8 Å². The summed E-state index contributed by atoms with van der Waals surface area (Å²) in [6, 6.07) is 0. The van der Waals surface area contributed by atoms with Crippen molar-refractivity contribution in [2.75, 3.05) is 6.61 Å². The molecule has 0 saturated carbocycles. The van der Waals surface area contributed by atoms with Crippen molar-refractivity contribution in [1.29, 1.82) is 0 Å². The van der Waals surface area contributed by atoms with Crippen LogP contribution in [0.2, 0.25) is 0 Å². The van der Waals surface area contributed by atoms with Crippen LogP contribution in [0.3, 0.4) is 0 Å². The molecule has 2 atom stereocenters. The molecule has 0 bridgehead atoms. The van der Waals surface area contributed by atoms with Gasteiger partial charge in [0.2, 0.25) is 0 Å². The molecule has 0 aliphatic carbocycles. The van der Waals surface area contributed by atoms with E-state index in [1.807, 2.05) is 6.92 Å². The van der Waals surface area contributed by atoms with Gasteiger partial charge >= 0.3 is 0 Å². The van der Waals surface area contributed by atoms with E-state index in [0.717, 1.165) is 6.42 Å². The molecule has 0 radical (unpaired) electrons. The second kappa shape index (κ2) is 4.69. The van der Waals surface area contributed by atoms with Gasteiger partial charge < -0.3 is 10.2 Å². The summed E-state index contributed by atoms with van der Waals surface area (Å²) in [7, 11) is 0. The lowest BCUT2D eigenvalue weighted by atomic mass is 9.88. The fraction of sp³-hybridized carbons (Fsp3) is 1.00. The molecule has 0 aromatic heterocycles. The van der Waals surface area contributed by atoms with Crippen molar-refractivity contribution in [3.8, 4) is 0 Å². The monoisotopic (exact) mass is 146 g/mol. The maximum atomic E-state index is 9.24. The molecule has 0 aliphatic heterocycles. The van der Waals surface area contributed by atoms with Crippen molar-refractivity contribution in [2.45, 2.75) is 33.3 Å². The SMILES string of the molecule is CC[C@@H](C(C)C)[C@@H](O)CO. The van der Waals surface area contributed by atoms with E-state index in [1.54, 1.807) is 0 Å². The summed E-state index contributed by atoms with van der Waals surface area (Å²) >= 11 is 0. The Balaban J connectivity index is 3.80. The topological polar surface area (TPSA) is 40.5 Å². The molecule has 2 nitrogen and oxygen atoms in total. The average molecular weight is 146 g/mol. The zero-order chi connectivity index (χ0) is 8.15. The first-order valence-electron chi connectivity index (χ1n) is 3.92. The van der Waals surface area contributed by atoms with E-state index in [0.29, 0.717) is 5.92 Å². The maximum Gasteiger partial charge on any atom is 0.0801 e. The third-order valence-electron chi connectivity index (χ3n) is 2.01. The van der Waals surface area contributed by atoms with Crippen molar-refractivity contribution in [1.82, 2.24) is 0 Å². The van der Waals surface area contributed by atoms with Gasteiger partial charge in [0.05, 0.1) is 12.7 Å². The molecule has 2 heteroatoms. The zero-order valence-corrected chi connectivity index (χ0v) is 7.04. The molecule has 0 spiro atoms. The summed E-state index contributed by atoms with van der Waals surface area (Å²) in [6.07, 6.45) is 0.393. The number of hydrogen-bond acceptors (Lipinski definition) is 2. The second-order valence-corrected chi connectivity index (χ2v) is 3.07. The van der Waals surface area contributed by atoms with Gasteiger partial charge in [0, 0.05) is 0 Å². The molecule has 0 unspecified atom stereocenters. The fourth-order valence-corrected chi connectivity index (χ4v) is 1.32. The molecule has 2 N–H and O–H groups in total. The maximum absolute atomic E-state index is 9.24. The Kier molecular flexibility index (Phi) is 4.65. The number of hydrogen-bond donors (Lipinski definition) is 2. The molecule has 0 aliphatic rings. The quantitative estimate of drug-likeness (QED) is 0.621. The van der Waals surface area contributed by atoms with Gasteiger partial charge in [-0.1, -0.05) is 27.2 Å². The van der Waals surface area contributed by atoms with Crippen molar-refractivity contribution >= 4 is 0 Å². The van der Waals surface area contributed by atoms with Crippen LogP contribution in [0.15, 0.2) is 0 Å². The van der Waals surface area contributed by atoms with Crippen LogP contribution in [0.4, 0.5) is 0 Å². The van der Waals surface area contributed by atoms with Gasteiger partial charge in [-0.2, -0.15) is 0 Å². The summed E-state index contributed by atoms with van der Waals surface area (Å²) < 4.78 is 0. The Morgan fingerprint density at radius 3 is 1.90 bits per heavy atom. The second-order valence-electron chi connectivity index (χ2n) is 3.07. The molecule has 10 heavy (non-hydrogen) atoms. The molecular weight excluding hydrogens is 128 g/mol. The highest BCUT2D eigenvalue weighted by molar-refractivity contribution is 4.69. The Labute approximate surface area is 62.9 Å². The van der Waals surface area contributed by atoms with E-state index >= 15 is 0 Å². The minimum absolute atomic E-state index is 0.114. The van der Waals surface area contributed by atoms with Crippen LogP contribution in [-0.2, 0) is 0 Å². The van der Waals surface area contributed by atoms with Gasteiger partial charge in [-0.25, -0.2) is 0 Å². The van der Waals surface area contributed by atoms with Gasteiger partial charge in [0.25, 0.3) is 0 Å². The first-order chi connectivity index (χ1) is 4.63. The predicted octanol–water partition coefficient (Wildman–Crippen LogP) is 1.02. The lowest BCUT2D eigenvalue weighted by molar-refractivity contribution is 0.0275. The smallest absolute Gasteiger partial charge is 0.0801 e. The molecular formula is C8H18O2. The van der Waals surface area contributed by atoms with Crippen LogP contribution in [-0.4, -0.2) is 22.9 Å². The third-order valence-corrected chi connectivity index (χ3v) is 2.01. The van der Waals surface area contributed by atoms with Gasteiger partial charge in [-0.3, -0.25) is 0 Å². The van der Waals surface area contributed by atoms with Crippen LogP contribution >= 0.6 is 0 Å². The summed E-state index contributed by atoms with van der Waals surface area (Å²) in [4.78, 5) is 0. The summed E-state index contributed by atoms with van der Waals surface area (Å²) in [5.74, 6) is 0.692. The highest BCUT2D eigenvalue weighted by atomic mass is 16.3. The number of rotatable bonds is 4. The summed E-state index contributed by atoms with van der Waals surface area (Å²) in [5.41, 5.74) is 0. The van der Waals surface area contributed by atoms with Gasteiger partial charge in [0.15, 0.2) is 0 Å². The first kappa shape index (κ1) is 9.92. The largest absolute Gasteiger partial charge is 0.394 e. The molecule has 0 rings (SSSR count). The van der Waals surface area contributed by atoms with Crippen LogP contribution in [0.25, 0.3) is 0 Å². The van der Waals surface area contributed by atoms with E-state index < -0.39 is 6.10 Å². The highest BCUT2D eigenvalue weighted by Gasteiger charge is 2.19. The predicted molar refractivity (Wildman–Crippen MR) is 41.7 cm³/mol. The molecule has 0 aromatic rings. The third kappa shape index (κ3) is 2.67. The van der Waals surface area contributed by atoms with Crippen LogP contribution in [0.1, 0.15) is 27.2 Å². The van der Waals surface area contributed by atoms with Crippen molar-refractivity contribution in [2.24, 2.45) is 11.8 Å². The molecule has 0 fully saturated rings. The zero-order valence-electron chi connectivity index (χ0n) is 7.04. The minimum Gasteiger partial charge on any atom is -0.394 e. The Morgan fingerprint density at radius 2 is 1.80 bits per heavy atom. The summed E-state index contributed by atoms with van der Waals surface area (Å²) in [5, 5.41) is 17.9. The van der Waals surface area contributed by atoms with Crippen LogP contribution in [0.5, 0.6) is 0 Å². The van der Waals surface area contributed by atoms with E-state index in [9.17, 15) is 5.11 Å². The standard InChI is InChI=1S/C8H18O2/c1-4-7(6(2)3)8(10)5-9/h6-10H,4-5H2,1-3H3/t7-,8-/m0/s1. The molecule has 62 valence electrons. The average Bonchev–Trinajstić information content (AvgIpc) is 1.88. The van der Waals surface area contributed by atoms with E-state index in [1.165, 1.54) is 0 Å². The minimum atomic E-state index is -0.537. The van der Waals surface area contributed by atoms with Gasteiger partial charge in [-0.15, -0.1) is 0 Å². The van der Waals surface area contributed by atoms with E-state index in [4.69, 9.17) is 5.11 Å². The Hall–Kier alpha value is -0.0800. The Morgan fingerprint density at radius 1 is 1.30 bits per heavy atom. The molecule has 0 amide bonds. The van der Waals surface area contributed by atoms with Crippen molar-refractivity contribution < 1.29 is 10.2 Å². The van der Waals surface area contributed by atoms with Crippen molar-refractivity contribution in [3.05, 3.63) is 0 Å². The molecule has 0 aromatic carbocycles. The fourth-order valence-electron chi connectivity index (χ4n) is 1.32. The lowest BCUT2D eigenvalue weighted by Crippen LogP contribution is -2.27. The van der Waals surface area contributed by atoms with Gasteiger partial charge in [0.1, 0.15) is 0 Å². The van der Waals surface area contributed by atoms with E-state index in [2.05, 4.69) is 13.8 Å². The molecule has 0 heterocycles. The number of aliphatic hydroxyl groups is 2. The van der Waals surface area contributed by atoms with Crippen LogP contribution < -0.4 is 0 Å². The van der Waals surface area contributed by atoms with Crippen molar-refractivity contribution in [3.63, 3.8) is 0 Å². The van der Waals surface area contributed by atoms with Gasteiger partial charge in [-0.05, 0) is 11.8 Å². The first-order valence-corrected chi connectivity index (χ1v) is 3.92. The summed E-state index contributed by atoms with van der Waals surface area (Å²) in [6.45, 7) is 6.04. The van der Waals surface area contributed by atoms with E-state index in [-0.39, 0.29) is 12.5 Å². The molecule has 0 saturated heterocycles. The lowest BCUT2D eigenvalue weighted by Gasteiger charge is -2.23.